The number of hydrogen-bond donors (Lipinski definition) is 0. The van der Waals surface area contributed by atoms with Crippen LogP contribution in [0, 0.1) is 11.8 Å². The second kappa shape index (κ2) is 5.48. The largest absolute Gasteiger partial charge is 0.384 e. The topological polar surface area (TPSA) is 67.7 Å². The number of carbonyl (C=O) groups excluding carboxylic acids is 2. The summed E-state index contributed by atoms with van der Waals surface area (Å²) in [6, 6.07) is 0. The van der Waals surface area contributed by atoms with E-state index in [9.17, 15) is 9.59 Å². The van der Waals surface area contributed by atoms with Crippen LogP contribution in [0.3, 0.4) is 0 Å². The van der Waals surface area contributed by atoms with Gasteiger partial charge in [0.05, 0.1) is 30.8 Å². The second-order valence-corrected chi connectivity index (χ2v) is 5.73. The van der Waals surface area contributed by atoms with Crippen LogP contribution < -0.4 is 4.90 Å². The quantitative estimate of drug-likeness (QED) is 0.776. The molecule has 3 heterocycles. The van der Waals surface area contributed by atoms with E-state index in [-0.39, 0.29) is 23.7 Å². The molecule has 2 atom stereocenters. The minimum absolute atomic E-state index is 0.0725. The van der Waals surface area contributed by atoms with Gasteiger partial charge in [0.1, 0.15) is 0 Å². The summed E-state index contributed by atoms with van der Waals surface area (Å²) in [4.78, 5) is 28.1. The molecule has 0 aromatic carbocycles. The van der Waals surface area contributed by atoms with Crippen LogP contribution in [0.2, 0.25) is 0 Å². The molecule has 2 aliphatic rings. The Kier molecular flexibility index (Phi) is 3.67. The monoisotopic (exact) mass is 292 g/mol. The van der Waals surface area contributed by atoms with Crippen molar-refractivity contribution in [2.24, 2.45) is 18.9 Å². The van der Waals surface area contributed by atoms with Crippen molar-refractivity contribution in [2.75, 3.05) is 38.3 Å². The van der Waals surface area contributed by atoms with E-state index >= 15 is 0 Å². The fourth-order valence-electron chi connectivity index (χ4n) is 3.19. The lowest BCUT2D eigenvalue weighted by atomic mass is 10.0. The molecule has 0 N–H and O–H groups in total. The van der Waals surface area contributed by atoms with Crippen molar-refractivity contribution < 1.29 is 14.3 Å². The fraction of sp³-hybridized carbons (Fsp3) is 0.643. The van der Waals surface area contributed by atoms with Gasteiger partial charge in [-0.1, -0.05) is 0 Å². The molecule has 2 amide bonds. The van der Waals surface area contributed by atoms with Gasteiger partial charge >= 0.3 is 0 Å². The molecule has 2 aliphatic heterocycles. The number of hydrogen-bond acceptors (Lipinski definition) is 4. The Balaban J connectivity index is 1.64. The summed E-state index contributed by atoms with van der Waals surface area (Å²) in [5, 5.41) is 4.11. The lowest BCUT2D eigenvalue weighted by Gasteiger charge is -2.20. The second-order valence-electron chi connectivity index (χ2n) is 5.73. The Morgan fingerprint density at radius 1 is 1.43 bits per heavy atom. The Morgan fingerprint density at radius 3 is 2.86 bits per heavy atom. The van der Waals surface area contributed by atoms with E-state index in [2.05, 4.69) is 5.10 Å². The molecule has 2 fully saturated rings. The average Bonchev–Trinajstić information content (AvgIpc) is 3.13. The molecule has 1 aromatic rings. The van der Waals surface area contributed by atoms with Gasteiger partial charge in [-0.15, -0.1) is 0 Å². The van der Waals surface area contributed by atoms with Crippen LogP contribution in [-0.4, -0.2) is 59.8 Å². The molecular weight excluding hydrogens is 272 g/mol. The van der Waals surface area contributed by atoms with Gasteiger partial charge in [0, 0.05) is 45.9 Å². The number of anilines is 1. The van der Waals surface area contributed by atoms with Crippen LogP contribution in [0.25, 0.3) is 0 Å². The van der Waals surface area contributed by atoms with Crippen LogP contribution in [0.15, 0.2) is 12.4 Å². The molecule has 114 valence electrons. The molecule has 0 radical (unpaired) electrons. The summed E-state index contributed by atoms with van der Waals surface area (Å²) in [6.45, 7) is 2.29. The van der Waals surface area contributed by atoms with Crippen molar-refractivity contribution in [2.45, 2.75) is 6.42 Å². The number of carbonyl (C=O) groups is 2. The zero-order chi connectivity index (χ0) is 15.0. The summed E-state index contributed by atoms with van der Waals surface area (Å²) < 4.78 is 6.62. The molecule has 0 aliphatic carbocycles. The molecule has 0 bridgehead atoms. The first-order valence-electron chi connectivity index (χ1n) is 7.17. The van der Waals surface area contributed by atoms with E-state index in [1.165, 1.54) is 0 Å². The van der Waals surface area contributed by atoms with Crippen LogP contribution in [0.5, 0.6) is 0 Å². The maximum absolute atomic E-state index is 12.5. The van der Waals surface area contributed by atoms with Crippen molar-refractivity contribution in [3.63, 3.8) is 0 Å². The lowest BCUT2D eigenvalue weighted by molar-refractivity contribution is -0.131. The summed E-state index contributed by atoms with van der Waals surface area (Å²) in [5.74, 6) is 0.336. The molecule has 21 heavy (non-hydrogen) atoms. The lowest BCUT2D eigenvalue weighted by Crippen LogP contribution is -2.35. The third-order valence-electron chi connectivity index (χ3n) is 4.32. The molecule has 7 heteroatoms. The highest BCUT2D eigenvalue weighted by atomic mass is 16.5. The average molecular weight is 292 g/mol. The maximum Gasteiger partial charge on any atom is 0.232 e. The van der Waals surface area contributed by atoms with Gasteiger partial charge in [-0.2, -0.15) is 5.10 Å². The van der Waals surface area contributed by atoms with Gasteiger partial charge < -0.3 is 14.5 Å². The van der Waals surface area contributed by atoms with E-state index in [1.807, 2.05) is 13.2 Å². The third kappa shape index (κ3) is 2.53. The number of ether oxygens (including phenoxy) is 1. The first-order valence-corrected chi connectivity index (χ1v) is 7.17. The number of methoxy groups -OCH3 is 1. The minimum Gasteiger partial charge on any atom is -0.384 e. The number of aryl methyl sites for hydroxylation is 1. The van der Waals surface area contributed by atoms with Gasteiger partial charge in [-0.3, -0.25) is 14.3 Å². The molecule has 0 saturated carbocycles. The van der Waals surface area contributed by atoms with Crippen LogP contribution in [-0.2, 0) is 21.4 Å². The molecular formula is C14H20N4O3. The summed E-state index contributed by atoms with van der Waals surface area (Å²) >= 11 is 0. The Bertz CT molecular complexity index is 556. The highest BCUT2D eigenvalue weighted by Gasteiger charge is 2.47. The van der Waals surface area contributed by atoms with Crippen molar-refractivity contribution in [3.8, 4) is 0 Å². The van der Waals surface area contributed by atoms with Crippen molar-refractivity contribution >= 4 is 17.5 Å². The number of rotatable bonds is 4. The van der Waals surface area contributed by atoms with Crippen LogP contribution >= 0.6 is 0 Å². The van der Waals surface area contributed by atoms with E-state index < -0.39 is 0 Å². The maximum atomic E-state index is 12.5. The Hall–Kier alpha value is -1.89. The van der Waals surface area contributed by atoms with E-state index in [0.29, 0.717) is 32.7 Å². The fourth-order valence-corrected chi connectivity index (χ4v) is 3.19. The number of aromatic nitrogens is 2. The molecule has 1 aromatic heterocycles. The zero-order valence-electron chi connectivity index (χ0n) is 12.4. The highest BCUT2D eigenvalue weighted by Crippen LogP contribution is 2.35. The highest BCUT2D eigenvalue weighted by molar-refractivity contribution is 5.98. The van der Waals surface area contributed by atoms with Gasteiger partial charge in [-0.25, -0.2) is 0 Å². The van der Waals surface area contributed by atoms with Crippen molar-refractivity contribution in [3.05, 3.63) is 12.4 Å². The van der Waals surface area contributed by atoms with E-state index in [4.69, 9.17) is 4.74 Å². The number of nitrogens with zero attached hydrogens (tertiary/aromatic N) is 4. The third-order valence-corrected chi connectivity index (χ3v) is 4.32. The Morgan fingerprint density at radius 2 is 2.24 bits per heavy atom. The van der Waals surface area contributed by atoms with Crippen molar-refractivity contribution in [1.82, 2.24) is 14.7 Å². The smallest absolute Gasteiger partial charge is 0.232 e. The van der Waals surface area contributed by atoms with Crippen molar-refractivity contribution in [1.29, 1.82) is 0 Å². The molecule has 0 unspecified atom stereocenters. The first-order chi connectivity index (χ1) is 10.1. The number of likely N-dealkylation sites (tertiary alicyclic amines) is 1. The standard InChI is InChI=1S/C14H20N4O3/c1-16-8-11(5-15-16)18-7-10-6-17(9-12(10)14(18)20)13(19)3-4-21-2/h5,8,10,12H,3-4,6-7,9H2,1-2H3/t10-,12-/m0/s1. The SMILES string of the molecule is COCCC(=O)N1C[C@H]2CN(c3cnn(C)c3)C(=O)[C@H]2C1. The molecule has 3 rings (SSSR count). The summed E-state index contributed by atoms with van der Waals surface area (Å²) in [5.41, 5.74) is 0.842. The predicted octanol–water partition coefficient (Wildman–Crippen LogP) is -0.122. The normalized spacial score (nSPS) is 24.8. The summed E-state index contributed by atoms with van der Waals surface area (Å²) in [6.07, 6.45) is 3.94. The Labute approximate surface area is 123 Å². The van der Waals surface area contributed by atoms with E-state index in [0.717, 1.165) is 5.69 Å². The van der Waals surface area contributed by atoms with Gasteiger partial charge in [-0.05, 0) is 0 Å². The molecule has 0 spiro atoms. The summed E-state index contributed by atoms with van der Waals surface area (Å²) in [7, 11) is 3.42. The van der Waals surface area contributed by atoms with Crippen LogP contribution in [0.4, 0.5) is 5.69 Å². The van der Waals surface area contributed by atoms with Gasteiger partial charge in [0.25, 0.3) is 0 Å². The molecule has 2 saturated heterocycles. The first kappa shape index (κ1) is 14.1. The predicted molar refractivity (Wildman–Crippen MR) is 75.6 cm³/mol. The number of amides is 2. The van der Waals surface area contributed by atoms with E-state index in [1.54, 1.807) is 27.8 Å². The van der Waals surface area contributed by atoms with Gasteiger partial charge in [0.15, 0.2) is 0 Å². The minimum atomic E-state index is -0.0725. The zero-order valence-corrected chi connectivity index (χ0v) is 12.4. The van der Waals surface area contributed by atoms with Gasteiger partial charge in [0.2, 0.25) is 11.8 Å². The molecule has 7 nitrogen and oxygen atoms in total. The van der Waals surface area contributed by atoms with Crippen LogP contribution in [0.1, 0.15) is 6.42 Å². The number of fused-ring (bicyclic) bond motifs is 1.